The van der Waals surface area contributed by atoms with Crippen molar-refractivity contribution in [2.75, 3.05) is 39.3 Å². The van der Waals surface area contributed by atoms with Crippen molar-refractivity contribution in [1.29, 1.82) is 0 Å². The molecule has 0 aliphatic carbocycles. The number of benzene rings is 1. The number of hydrogen-bond acceptors (Lipinski definition) is 5. The second-order valence-electron chi connectivity index (χ2n) is 7.37. The largest absolute Gasteiger partial charge is 0.461 e. The van der Waals surface area contributed by atoms with E-state index in [0.29, 0.717) is 41.7 Å². The molecule has 162 valence electrons. The number of esters is 1. The summed E-state index contributed by atoms with van der Waals surface area (Å²) in [6.07, 6.45) is 0. The number of guanidine groups is 1. The van der Waals surface area contributed by atoms with Crippen LogP contribution in [0.2, 0.25) is 5.02 Å². The van der Waals surface area contributed by atoms with E-state index in [9.17, 15) is 14.4 Å². The Morgan fingerprint density at radius 2 is 1.77 bits per heavy atom. The fourth-order valence-electron chi connectivity index (χ4n) is 3.51. The molecule has 2 aliphatic rings. The highest BCUT2D eigenvalue weighted by Crippen LogP contribution is 2.10. The number of carbonyl (C=O) groups excluding carboxylic acids is 1. The Balaban J connectivity index is 1.37. The molecular formula is C20H22ClN6O4+. The van der Waals surface area contributed by atoms with Gasteiger partial charge in [-0.2, -0.15) is 0 Å². The number of nitrogens with zero attached hydrogens (tertiary/aromatic N) is 6. The number of halogens is 1. The lowest BCUT2D eigenvalue weighted by molar-refractivity contribution is -0.541. The third kappa shape index (κ3) is 4.21. The average Bonchev–Trinajstić information content (AvgIpc) is 3.23. The van der Waals surface area contributed by atoms with Crippen LogP contribution >= 0.6 is 11.6 Å². The summed E-state index contributed by atoms with van der Waals surface area (Å²) >= 11 is 5.83. The van der Waals surface area contributed by atoms with Crippen LogP contribution in [0.5, 0.6) is 0 Å². The van der Waals surface area contributed by atoms with Crippen molar-refractivity contribution in [2.24, 2.45) is 24.1 Å². The highest BCUT2D eigenvalue weighted by Gasteiger charge is 2.27. The van der Waals surface area contributed by atoms with E-state index in [2.05, 4.69) is 14.9 Å². The third-order valence-corrected chi connectivity index (χ3v) is 5.66. The van der Waals surface area contributed by atoms with E-state index in [1.165, 1.54) is 11.6 Å². The maximum absolute atomic E-state index is 12.3. The van der Waals surface area contributed by atoms with Crippen LogP contribution in [0, 0.1) is 0 Å². The first-order valence-corrected chi connectivity index (χ1v) is 10.2. The first-order chi connectivity index (χ1) is 14.8. The molecule has 3 heterocycles. The minimum Gasteiger partial charge on any atom is -0.461 e. The van der Waals surface area contributed by atoms with Gasteiger partial charge in [-0.05, 0) is 29.3 Å². The average molecular weight is 446 g/mol. The van der Waals surface area contributed by atoms with Crippen LogP contribution < -0.4 is 22.1 Å². The summed E-state index contributed by atoms with van der Waals surface area (Å²) in [6, 6.07) is 6.58. The Hall–Kier alpha value is -3.11. The van der Waals surface area contributed by atoms with Crippen molar-refractivity contribution in [3.63, 3.8) is 0 Å². The molecule has 0 radical (unpaired) electrons. The van der Waals surface area contributed by atoms with Gasteiger partial charge in [-0.1, -0.05) is 16.6 Å². The zero-order valence-corrected chi connectivity index (χ0v) is 18.0. The van der Waals surface area contributed by atoms with E-state index in [1.54, 1.807) is 31.3 Å². The molecule has 1 aromatic carbocycles. The van der Waals surface area contributed by atoms with E-state index < -0.39 is 11.2 Å². The molecule has 1 saturated heterocycles. The summed E-state index contributed by atoms with van der Waals surface area (Å²) in [4.78, 5) is 47.4. The van der Waals surface area contributed by atoms with E-state index in [1.807, 2.05) is 4.58 Å². The SMILES string of the molecule is Cn1c(=O)c2c(n(C)c1=O)=NC(=[N+]1CCN(CCOC(=O)c3ccc(Cl)cc3)CC1)N=2. The molecule has 0 bridgehead atoms. The fourth-order valence-corrected chi connectivity index (χ4v) is 3.64. The molecular weight excluding hydrogens is 424 g/mol. The lowest BCUT2D eigenvalue weighted by atomic mass is 10.2. The molecule has 1 aromatic heterocycles. The van der Waals surface area contributed by atoms with Gasteiger partial charge in [-0.3, -0.25) is 23.4 Å². The second-order valence-corrected chi connectivity index (χ2v) is 7.81. The van der Waals surface area contributed by atoms with Crippen molar-refractivity contribution in [3.05, 3.63) is 66.5 Å². The van der Waals surface area contributed by atoms with E-state index in [-0.39, 0.29) is 17.9 Å². The summed E-state index contributed by atoms with van der Waals surface area (Å²) in [5, 5.41) is 0.759. The zero-order chi connectivity index (χ0) is 22.1. The molecule has 0 N–H and O–H groups in total. The summed E-state index contributed by atoms with van der Waals surface area (Å²) in [6.45, 7) is 3.70. The number of rotatable bonds is 4. The Labute approximate surface area is 182 Å². The van der Waals surface area contributed by atoms with E-state index >= 15 is 0 Å². The highest BCUT2D eigenvalue weighted by molar-refractivity contribution is 6.30. The predicted molar refractivity (Wildman–Crippen MR) is 112 cm³/mol. The third-order valence-electron chi connectivity index (χ3n) is 5.40. The number of fused-ring (bicyclic) bond motifs is 1. The second kappa shape index (κ2) is 8.56. The van der Waals surface area contributed by atoms with Crippen molar-refractivity contribution in [3.8, 4) is 0 Å². The van der Waals surface area contributed by atoms with Gasteiger partial charge in [0.05, 0.1) is 18.7 Å². The molecule has 0 unspecified atom stereocenters. The molecule has 0 amide bonds. The smallest absolute Gasteiger partial charge is 0.431 e. The Kier molecular flexibility index (Phi) is 5.84. The van der Waals surface area contributed by atoms with Gasteiger partial charge in [0.2, 0.25) is 0 Å². The normalized spacial score (nSPS) is 16.0. The van der Waals surface area contributed by atoms with E-state index in [4.69, 9.17) is 16.3 Å². The standard InChI is InChI=1S/C20H22ClN6O4/c1-24-16-15(17(28)25(2)20(24)30)22-19(23-16)27-9-7-26(8-10-27)11-12-31-18(29)13-3-5-14(21)6-4-13/h3-6H,7-12H2,1-2H3/q+1. The van der Waals surface area contributed by atoms with Gasteiger partial charge < -0.3 is 4.74 Å². The Morgan fingerprint density at radius 3 is 2.45 bits per heavy atom. The van der Waals surface area contributed by atoms with Crippen molar-refractivity contribution in [2.45, 2.75) is 0 Å². The molecule has 2 aliphatic heterocycles. The van der Waals surface area contributed by atoms with Crippen LogP contribution in [-0.4, -0.2) is 69.9 Å². The van der Waals surface area contributed by atoms with E-state index in [0.717, 1.165) is 17.7 Å². The van der Waals surface area contributed by atoms with Gasteiger partial charge in [0, 0.05) is 38.8 Å². The van der Waals surface area contributed by atoms with Gasteiger partial charge >= 0.3 is 23.2 Å². The van der Waals surface area contributed by atoms with Crippen LogP contribution in [0.15, 0.2) is 43.8 Å². The molecule has 31 heavy (non-hydrogen) atoms. The zero-order valence-electron chi connectivity index (χ0n) is 17.2. The summed E-state index contributed by atoms with van der Waals surface area (Å²) in [5.74, 6) is 0.0708. The maximum atomic E-state index is 12.3. The Morgan fingerprint density at radius 1 is 1.10 bits per heavy atom. The topological polar surface area (TPSA) is 101 Å². The lowest BCUT2D eigenvalue weighted by Crippen LogP contribution is -2.55. The number of piperazine rings is 1. The molecule has 4 rings (SSSR count). The van der Waals surface area contributed by atoms with Crippen LogP contribution in [-0.2, 0) is 18.8 Å². The van der Waals surface area contributed by atoms with Gasteiger partial charge in [-0.15, -0.1) is 0 Å². The molecule has 0 spiro atoms. The van der Waals surface area contributed by atoms with Gasteiger partial charge in [0.25, 0.3) is 10.8 Å². The van der Waals surface area contributed by atoms with Crippen molar-refractivity contribution in [1.82, 2.24) is 14.0 Å². The number of carbonyl (C=O) groups is 1. The minimum absolute atomic E-state index is 0.191. The number of hydrogen-bond donors (Lipinski definition) is 0. The molecule has 2 aromatic rings. The molecule has 10 nitrogen and oxygen atoms in total. The molecule has 0 atom stereocenters. The minimum atomic E-state index is -0.446. The quantitative estimate of drug-likeness (QED) is 0.422. The van der Waals surface area contributed by atoms with Crippen LogP contribution in [0.25, 0.3) is 0 Å². The van der Waals surface area contributed by atoms with Gasteiger partial charge in [-0.25, -0.2) is 9.59 Å². The first kappa shape index (κ1) is 21.1. The monoisotopic (exact) mass is 445 g/mol. The maximum Gasteiger partial charge on any atom is 0.431 e. The summed E-state index contributed by atoms with van der Waals surface area (Å²) in [7, 11) is 3.00. The Bertz CT molecular complexity index is 1300. The first-order valence-electron chi connectivity index (χ1n) is 9.85. The summed E-state index contributed by atoms with van der Waals surface area (Å²) in [5.41, 5.74) is -0.116. The van der Waals surface area contributed by atoms with Crippen molar-refractivity contribution < 1.29 is 14.1 Å². The number of aromatic nitrogens is 2. The van der Waals surface area contributed by atoms with Gasteiger partial charge in [0.1, 0.15) is 6.61 Å². The van der Waals surface area contributed by atoms with Crippen molar-refractivity contribution >= 4 is 23.5 Å². The molecule has 1 fully saturated rings. The predicted octanol–water partition coefficient (Wildman–Crippen LogP) is -1.47. The fraction of sp³-hybridized carbons (Fsp3) is 0.400. The lowest BCUT2D eigenvalue weighted by Gasteiger charge is -2.27. The summed E-state index contributed by atoms with van der Waals surface area (Å²) < 4.78 is 9.69. The highest BCUT2D eigenvalue weighted by atomic mass is 35.5. The molecule has 0 saturated carbocycles. The van der Waals surface area contributed by atoms with Crippen LogP contribution in [0.3, 0.4) is 0 Å². The molecule has 11 heteroatoms. The van der Waals surface area contributed by atoms with Crippen LogP contribution in [0.1, 0.15) is 10.4 Å². The van der Waals surface area contributed by atoms with Gasteiger partial charge in [0.15, 0.2) is 0 Å². The number of ether oxygens (including phenoxy) is 1. The van der Waals surface area contributed by atoms with Crippen LogP contribution in [0.4, 0.5) is 0 Å².